The van der Waals surface area contributed by atoms with Gasteiger partial charge in [-0.15, -0.1) is 10.2 Å². The van der Waals surface area contributed by atoms with Gasteiger partial charge in [-0.25, -0.2) is 4.39 Å². The molecule has 4 aromatic carbocycles. The molecule has 0 aliphatic rings. The molecule has 5 rings (SSSR count). The summed E-state index contributed by atoms with van der Waals surface area (Å²) in [5.41, 5.74) is -0.199. The molecular weight excluding hydrogens is 594 g/mol. The molecule has 2 N–H and O–H groups in total. The predicted octanol–water partition coefficient (Wildman–Crippen LogP) is 6.89. The van der Waals surface area contributed by atoms with Gasteiger partial charge in [0.05, 0.1) is 28.6 Å². The summed E-state index contributed by atoms with van der Waals surface area (Å²) in [4.78, 5) is 25.7. The summed E-state index contributed by atoms with van der Waals surface area (Å²) in [7, 11) is 0. The minimum atomic E-state index is -4.61. The highest BCUT2D eigenvalue weighted by molar-refractivity contribution is 7.99. The Morgan fingerprint density at radius 3 is 2.43 bits per heavy atom. The van der Waals surface area contributed by atoms with E-state index in [1.165, 1.54) is 24.3 Å². The normalized spacial score (nSPS) is 11.5. The van der Waals surface area contributed by atoms with Gasteiger partial charge in [-0.2, -0.15) is 13.2 Å². The lowest BCUT2D eigenvalue weighted by Crippen LogP contribution is -2.25. The zero-order chi connectivity index (χ0) is 29.9. The zero-order valence-electron chi connectivity index (χ0n) is 21.5. The average Bonchev–Trinajstić information content (AvgIpc) is 3.38. The van der Waals surface area contributed by atoms with E-state index in [0.29, 0.717) is 17.1 Å². The van der Waals surface area contributed by atoms with Crippen LogP contribution in [0.4, 0.5) is 23.2 Å². The molecule has 42 heavy (non-hydrogen) atoms. The van der Waals surface area contributed by atoms with Gasteiger partial charge in [0.25, 0.3) is 5.91 Å². The topological polar surface area (TPSA) is 88.9 Å². The molecule has 0 fully saturated rings. The molecule has 0 unspecified atom stereocenters. The third-order valence-corrected chi connectivity index (χ3v) is 7.39. The summed E-state index contributed by atoms with van der Waals surface area (Å²) in [6.07, 6.45) is -4.61. The van der Waals surface area contributed by atoms with Gasteiger partial charge < -0.3 is 10.6 Å². The number of thioether (sulfide) groups is 1. The first kappa shape index (κ1) is 29.1. The van der Waals surface area contributed by atoms with Gasteiger partial charge in [-0.05, 0) is 59.3 Å². The van der Waals surface area contributed by atoms with E-state index in [-0.39, 0.29) is 34.1 Å². The molecule has 0 radical (unpaired) electrons. The number of amides is 2. The molecule has 0 saturated carbocycles. The van der Waals surface area contributed by atoms with Gasteiger partial charge in [0.2, 0.25) is 5.91 Å². The number of carbonyl (C=O) groups is 2. The second-order valence-corrected chi connectivity index (χ2v) is 10.3. The molecule has 0 bridgehead atoms. The second-order valence-electron chi connectivity index (χ2n) is 8.95. The van der Waals surface area contributed by atoms with Crippen molar-refractivity contribution in [2.75, 3.05) is 11.1 Å². The molecule has 2 amide bonds. The molecule has 0 saturated heterocycles. The van der Waals surface area contributed by atoms with Crippen molar-refractivity contribution in [1.29, 1.82) is 0 Å². The lowest BCUT2D eigenvalue weighted by Gasteiger charge is -2.13. The first-order valence-corrected chi connectivity index (χ1v) is 13.7. The van der Waals surface area contributed by atoms with E-state index in [2.05, 4.69) is 20.8 Å². The van der Waals surface area contributed by atoms with E-state index in [0.717, 1.165) is 40.7 Å². The number of halogens is 5. The summed E-state index contributed by atoms with van der Waals surface area (Å²) >= 11 is 6.93. The maximum atomic E-state index is 13.7. The molecule has 0 aliphatic heterocycles. The summed E-state index contributed by atoms with van der Waals surface area (Å²) in [5.74, 6) is -1.40. The van der Waals surface area contributed by atoms with E-state index >= 15 is 0 Å². The number of carbonyl (C=O) groups excluding carboxylic acids is 2. The van der Waals surface area contributed by atoms with Gasteiger partial charge >= 0.3 is 6.18 Å². The number of nitrogens with zero attached hydrogens (tertiary/aromatic N) is 3. The zero-order valence-corrected chi connectivity index (χ0v) is 23.0. The Kier molecular flexibility index (Phi) is 8.46. The number of hydrogen-bond acceptors (Lipinski definition) is 5. The number of nitrogens with one attached hydrogen (secondary N) is 2. The van der Waals surface area contributed by atoms with Crippen LogP contribution in [0.1, 0.15) is 21.7 Å². The Morgan fingerprint density at radius 2 is 1.67 bits per heavy atom. The fourth-order valence-electron chi connectivity index (χ4n) is 4.15. The molecular formula is C29H20ClF4N5O2S. The van der Waals surface area contributed by atoms with E-state index in [1.807, 2.05) is 30.3 Å². The molecule has 13 heteroatoms. The Labute approximate surface area is 245 Å². The maximum absolute atomic E-state index is 13.7. The lowest BCUT2D eigenvalue weighted by atomic mass is 10.0. The Morgan fingerprint density at radius 1 is 0.929 bits per heavy atom. The number of fused-ring (bicyclic) bond motifs is 1. The molecule has 0 aliphatic carbocycles. The third-order valence-electron chi connectivity index (χ3n) is 6.13. The highest BCUT2D eigenvalue weighted by atomic mass is 35.5. The van der Waals surface area contributed by atoms with E-state index in [4.69, 9.17) is 11.6 Å². The molecule has 1 heterocycles. The largest absolute Gasteiger partial charge is 0.416 e. The van der Waals surface area contributed by atoms with Crippen molar-refractivity contribution in [3.8, 4) is 5.69 Å². The first-order valence-electron chi connectivity index (χ1n) is 12.4. The van der Waals surface area contributed by atoms with Crippen LogP contribution in [-0.4, -0.2) is 32.3 Å². The van der Waals surface area contributed by atoms with Gasteiger partial charge in [0, 0.05) is 11.3 Å². The summed E-state index contributed by atoms with van der Waals surface area (Å²) in [5, 5.41) is 15.4. The van der Waals surface area contributed by atoms with Gasteiger partial charge in [-0.1, -0.05) is 59.8 Å². The smallest absolute Gasteiger partial charge is 0.345 e. The summed E-state index contributed by atoms with van der Waals surface area (Å²) < 4.78 is 54.5. The first-order chi connectivity index (χ1) is 20.1. The SMILES string of the molecule is O=C(CSc1nnc(CNC(=O)c2cccc3ccccc23)n1-c1ccc(F)cc1)Nc1cc(C(F)(F)F)ccc1Cl. The summed E-state index contributed by atoms with van der Waals surface area (Å²) in [6, 6.07) is 20.9. The standard InChI is InChI=1S/C29H20ClF4N5O2S/c30-23-13-8-18(29(32,33)34)14-24(23)36-26(40)16-42-28-38-37-25(39(28)20-11-9-19(31)10-12-20)15-35-27(41)22-7-3-5-17-4-1-2-6-21(17)22/h1-14H,15-16H2,(H,35,41)(H,36,40). The quantitative estimate of drug-likeness (QED) is 0.147. The van der Waals surface area contributed by atoms with E-state index in [1.54, 1.807) is 16.7 Å². The van der Waals surface area contributed by atoms with Crippen LogP contribution in [0.3, 0.4) is 0 Å². The minimum absolute atomic E-state index is 0.0426. The Balaban J connectivity index is 1.34. The van der Waals surface area contributed by atoms with Crippen LogP contribution in [0.2, 0.25) is 5.02 Å². The molecule has 0 spiro atoms. The van der Waals surface area contributed by atoms with Crippen molar-refractivity contribution in [1.82, 2.24) is 20.1 Å². The number of benzene rings is 4. The Hall–Kier alpha value is -4.42. The van der Waals surface area contributed by atoms with Gasteiger partial charge in [-0.3, -0.25) is 14.2 Å². The van der Waals surface area contributed by atoms with E-state index in [9.17, 15) is 27.2 Å². The second kappa shape index (κ2) is 12.2. The Bertz CT molecular complexity index is 1770. The molecule has 1 aromatic heterocycles. The summed E-state index contributed by atoms with van der Waals surface area (Å²) in [6.45, 7) is -0.0426. The van der Waals surface area contributed by atoms with Gasteiger partial charge in [0.15, 0.2) is 11.0 Å². The number of hydrogen-bond donors (Lipinski definition) is 2. The molecule has 7 nitrogen and oxygen atoms in total. The van der Waals surface area contributed by atoms with Crippen molar-refractivity contribution in [3.63, 3.8) is 0 Å². The predicted molar refractivity (Wildman–Crippen MR) is 152 cm³/mol. The van der Waals surface area contributed by atoms with Crippen LogP contribution < -0.4 is 10.6 Å². The van der Waals surface area contributed by atoms with Crippen molar-refractivity contribution in [2.24, 2.45) is 0 Å². The molecule has 214 valence electrons. The molecule has 0 atom stereocenters. The van der Waals surface area contributed by atoms with Crippen LogP contribution in [-0.2, 0) is 17.5 Å². The third kappa shape index (κ3) is 6.55. The van der Waals surface area contributed by atoms with Crippen molar-refractivity contribution >= 4 is 51.6 Å². The number of rotatable bonds is 8. The number of aromatic nitrogens is 3. The van der Waals surface area contributed by atoms with Crippen LogP contribution in [0.25, 0.3) is 16.5 Å². The minimum Gasteiger partial charge on any atom is -0.345 e. The van der Waals surface area contributed by atoms with Crippen LogP contribution in [0.5, 0.6) is 0 Å². The molecule has 5 aromatic rings. The van der Waals surface area contributed by atoms with Crippen molar-refractivity contribution in [2.45, 2.75) is 17.9 Å². The monoisotopic (exact) mass is 613 g/mol. The highest BCUT2D eigenvalue weighted by Crippen LogP contribution is 2.34. The number of anilines is 1. The lowest BCUT2D eigenvalue weighted by molar-refractivity contribution is -0.137. The van der Waals surface area contributed by atoms with Crippen LogP contribution in [0.15, 0.2) is 90.1 Å². The van der Waals surface area contributed by atoms with Crippen molar-refractivity contribution in [3.05, 3.63) is 113 Å². The maximum Gasteiger partial charge on any atom is 0.416 e. The van der Waals surface area contributed by atoms with Gasteiger partial charge in [0.1, 0.15) is 5.82 Å². The fraction of sp³-hybridized carbons (Fsp3) is 0.103. The van der Waals surface area contributed by atoms with Crippen LogP contribution in [0, 0.1) is 5.82 Å². The van der Waals surface area contributed by atoms with Crippen LogP contribution >= 0.6 is 23.4 Å². The van der Waals surface area contributed by atoms with E-state index < -0.39 is 23.5 Å². The average molecular weight is 614 g/mol. The highest BCUT2D eigenvalue weighted by Gasteiger charge is 2.31. The van der Waals surface area contributed by atoms with Crippen molar-refractivity contribution < 1.29 is 27.2 Å². The number of alkyl halides is 3. The fourth-order valence-corrected chi connectivity index (χ4v) is 5.09.